The molecule has 6 heteroatoms. The fourth-order valence-corrected chi connectivity index (χ4v) is 2.10. The van der Waals surface area contributed by atoms with E-state index in [0.29, 0.717) is 11.3 Å². The zero-order valence-electron chi connectivity index (χ0n) is 12.7. The Morgan fingerprint density at radius 2 is 1.65 bits per heavy atom. The van der Waals surface area contributed by atoms with E-state index in [1.807, 2.05) is 18.2 Å². The number of nitrogens with two attached hydrogens (primary N) is 1. The maximum absolute atomic E-state index is 12.1. The molecular weight excluding hydrogens is 292 g/mol. The minimum absolute atomic E-state index is 0.0401. The number of nitrogens with one attached hydrogen (secondary N) is 3. The molecule has 2 aromatic rings. The number of hydrogen-bond donors (Lipinski definition) is 4. The van der Waals surface area contributed by atoms with Gasteiger partial charge in [-0.05, 0) is 36.8 Å². The molecule has 0 aliphatic heterocycles. The van der Waals surface area contributed by atoms with Gasteiger partial charge < -0.3 is 16.4 Å². The number of carbonyl (C=O) groups excluding carboxylic acids is 2. The maximum atomic E-state index is 12.1. The molecular formula is C17H18N4O2. The van der Waals surface area contributed by atoms with Crippen LogP contribution in [0.15, 0.2) is 54.6 Å². The van der Waals surface area contributed by atoms with Crippen molar-refractivity contribution in [3.8, 4) is 0 Å². The van der Waals surface area contributed by atoms with E-state index < -0.39 is 12.1 Å². The van der Waals surface area contributed by atoms with Crippen molar-refractivity contribution in [2.45, 2.75) is 13.0 Å². The second-order valence-corrected chi connectivity index (χ2v) is 5.04. The molecule has 0 heterocycles. The number of benzene rings is 2. The summed E-state index contributed by atoms with van der Waals surface area (Å²) in [7, 11) is 0. The molecule has 2 amide bonds. The highest BCUT2D eigenvalue weighted by Gasteiger charge is 2.18. The minimum atomic E-state index is -0.701. The normalized spacial score (nSPS) is 11.3. The third-order valence-corrected chi connectivity index (χ3v) is 3.27. The summed E-state index contributed by atoms with van der Waals surface area (Å²) < 4.78 is 0. The lowest BCUT2D eigenvalue weighted by Crippen LogP contribution is -2.35. The van der Waals surface area contributed by atoms with Crippen molar-refractivity contribution in [1.29, 1.82) is 5.41 Å². The van der Waals surface area contributed by atoms with Gasteiger partial charge in [-0.1, -0.05) is 30.3 Å². The number of hydrogen-bond acceptors (Lipinski definition) is 3. The summed E-state index contributed by atoms with van der Waals surface area (Å²) in [4.78, 5) is 23.8. The largest absolute Gasteiger partial charge is 0.384 e. The molecule has 2 rings (SSSR count). The molecule has 0 saturated carbocycles. The fraction of sp³-hybridized carbons (Fsp3) is 0.118. The Kier molecular flexibility index (Phi) is 5.09. The third-order valence-electron chi connectivity index (χ3n) is 3.27. The van der Waals surface area contributed by atoms with Gasteiger partial charge in [0.15, 0.2) is 5.78 Å². The van der Waals surface area contributed by atoms with Crippen LogP contribution in [0.5, 0.6) is 0 Å². The van der Waals surface area contributed by atoms with Gasteiger partial charge in [-0.25, -0.2) is 4.79 Å². The lowest BCUT2D eigenvalue weighted by atomic mass is 10.0. The van der Waals surface area contributed by atoms with Crippen molar-refractivity contribution in [1.82, 2.24) is 5.32 Å². The van der Waals surface area contributed by atoms with E-state index in [-0.39, 0.29) is 11.6 Å². The van der Waals surface area contributed by atoms with Crippen LogP contribution in [0, 0.1) is 5.41 Å². The molecule has 0 saturated heterocycles. The molecule has 0 aliphatic rings. The average molecular weight is 310 g/mol. The van der Waals surface area contributed by atoms with Crippen molar-refractivity contribution in [2.75, 3.05) is 5.32 Å². The topological polar surface area (TPSA) is 108 Å². The number of carbonyl (C=O) groups is 2. The highest BCUT2D eigenvalue weighted by atomic mass is 16.2. The fourth-order valence-electron chi connectivity index (χ4n) is 2.10. The molecule has 118 valence electrons. The highest BCUT2D eigenvalue weighted by Crippen LogP contribution is 2.14. The molecule has 0 bridgehead atoms. The lowest BCUT2D eigenvalue weighted by molar-refractivity contribution is -0.118. The van der Waals surface area contributed by atoms with Crippen LogP contribution in [0.1, 0.15) is 24.1 Å². The van der Waals surface area contributed by atoms with E-state index in [4.69, 9.17) is 11.1 Å². The van der Waals surface area contributed by atoms with Gasteiger partial charge in [-0.15, -0.1) is 0 Å². The zero-order chi connectivity index (χ0) is 16.8. The smallest absolute Gasteiger partial charge is 0.320 e. The van der Waals surface area contributed by atoms with Crippen molar-refractivity contribution < 1.29 is 9.59 Å². The maximum Gasteiger partial charge on any atom is 0.320 e. The zero-order valence-corrected chi connectivity index (χ0v) is 12.7. The van der Waals surface area contributed by atoms with Crippen LogP contribution in [-0.4, -0.2) is 17.6 Å². The first-order valence-corrected chi connectivity index (χ1v) is 7.04. The Hall–Kier alpha value is -3.15. The number of ketones is 1. The summed E-state index contributed by atoms with van der Waals surface area (Å²) in [6, 6.07) is 14.4. The first-order valence-electron chi connectivity index (χ1n) is 7.04. The van der Waals surface area contributed by atoms with Gasteiger partial charge in [0.2, 0.25) is 0 Å². The summed E-state index contributed by atoms with van der Waals surface area (Å²) in [5.41, 5.74) is 7.21. The Labute approximate surface area is 134 Å². The van der Waals surface area contributed by atoms with E-state index in [1.54, 1.807) is 36.4 Å². The molecule has 0 aromatic heterocycles. The Balaban J connectivity index is 2.05. The number of nitrogen functional groups attached to an aromatic ring is 1. The van der Waals surface area contributed by atoms with Crippen molar-refractivity contribution in [3.05, 3.63) is 65.7 Å². The molecule has 6 nitrogen and oxygen atoms in total. The number of rotatable bonds is 5. The van der Waals surface area contributed by atoms with Crippen molar-refractivity contribution in [3.63, 3.8) is 0 Å². The third kappa shape index (κ3) is 4.41. The van der Waals surface area contributed by atoms with Crippen LogP contribution in [0.4, 0.5) is 10.5 Å². The second kappa shape index (κ2) is 7.22. The first-order chi connectivity index (χ1) is 11.0. The Bertz CT molecular complexity index is 711. The van der Waals surface area contributed by atoms with Crippen LogP contribution in [-0.2, 0) is 4.79 Å². The van der Waals surface area contributed by atoms with Gasteiger partial charge in [-0.3, -0.25) is 10.2 Å². The second-order valence-electron chi connectivity index (χ2n) is 5.04. The van der Waals surface area contributed by atoms with E-state index in [0.717, 1.165) is 5.56 Å². The molecule has 0 aliphatic carbocycles. The SMILES string of the molecule is CC(=O)C(NC(=O)Nc1ccc(C(=N)N)cc1)c1ccccc1. The van der Waals surface area contributed by atoms with Crippen LogP contribution >= 0.6 is 0 Å². The Morgan fingerprint density at radius 1 is 1.04 bits per heavy atom. The molecule has 2 aromatic carbocycles. The summed E-state index contributed by atoms with van der Waals surface area (Å²) in [6.45, 7) is 1.43. The van der Waals surface area contributed by atoms with E-state index in [1.165, 1.54) is 6.92 Å². The predicted molar refractivity (Wildman–Crippen MR) is 89.5 cm³/mol. The van der Waals surface area contributed by atoms with Gasteiger partial charge in [0.25, 0.3) is 0 Å². The molecule has 23 heavy (non-hydrogen) atoms. The molecule has 1 atom stereocenters. The van der Waals surface area contributed by atoms with E-state index in [2.05, 4.69) is 10.6 Å². The summed E-state index contributed by atoms with van der Waals surface area (Å²) in [6.07, 6.45) is 0. The number of amides is 2. The highest BCUT2D eigenvalue weighted by molar-refractivity contribution is 5.97. The van der Waals surface area contributed by atoms with Crippen LogP contribution in [0.3, 0.4) is 0 Å². The van der Waals surface area contributed by atoms with Gasteiger partial charge in [0.1, 0.15) is 11.9 Å². The van der Waals surface area contributed by atoms with Gasteiger partial charge in [0, 0.05) is 11.3 Å². The average Bonchev–Trinajstić information content (AvgIpc) is 2.53. The monoisotopic (exact) mass is 310 g/mol. The van der Waals surface area contributed by atoms with Crippen molar-refractivity contribution >= 4 is 23.3 Å². The van der Waals surface area contributed by atoms with E-state index >= 15 is 0 Å². The van der Waals surface area contributed by atoms with Crippen molar-refractivity contribution in [2.24, 2.45) is 5.73 Å². The number of urea groups is 1. The van der Waals surface area contributed by atoms with Crippen LogP contribution in [0.2, 0.25) is 0 Å². The van der Waals surface area contributed by atoms with Crippen LogP contribution < -0.4 is 16.4 Å². The standard InChI is InChI=1S/C17H18N4O2/c1-11(22)15(12-5-3-2-4-6-12)21-17(23)20-14-9-7-13(8-10-14)16(18)19/h2-10,15H,1H3,(H3,18,19)(H2,20,21,23). The van der Waals surface area contributed by atoms with Gasteiger partial charge >= 0.3 is 6.03 Å². The molecule has 0 fully saturated rings. The first kappa shape index (κ1) is 16.2. The summed E-state index contributed by atoms with van der Waals surface area (Å²) in [5, 5.41) is 12.6. The molecule has 1 unspecified atom stereocenters. The number of anilines is 1. The minimum Gasteiger partial charge on any atom is -0.384 e. The van der Waals surface area contributed by atoms with E-state index in [9.17, 15) is 9.59 Å². The van der Waals surface area contributed by atoms with Crippen LogP contribution in [0.25, 0.3) is 0 Å². The predicted octanol–water partition coefficient (Wildman–Crippen LogP) is 2.42. The van der Waals surface area contributed by atoms with Gasteiger partial charge in [-0.2, -0.15) is 0 Å². The quantitative estimate of drug-likeness (QED) is 0.503. The summed E-state index contributed by atoms with van der Waals surface area (Å²) in [5.74, 6) is -0.194. The summed E-state index contributed by atoms with van der Waals surface area (Å²) >= 11 is 0. The number of amidine groups is 1. The molecule has 0 spiro atoms. The molecule has 0 radical (unpaired) electrons. The van der Waals surface area contributed by atoms with Gasteiger partial charge in [0.05, 0.1) is 0 Å². The lowest BCUT2D eigenvalue weighted by Gasteiger charge is -2.17. The Morgan fingerprint density at radius 3 is 2.17 bits per heavy atom. The number of Topliss-reactive ketones (excluding diaryl/α,β-unsaturated/α-hetero) is 1. The molecule has 5 N–H and O–H groups in total.